The second-order valence-corrected chi connectivity index (χ2v) is 6.10. The summed E-state index contributed by atoms with van der Waals surface area (Å²) < 4.78 is 0. The first-order valence-electron chi connectivity index (χ1n) is 6.27. The molecule has 2 N–H and O–H groups in total. The van der Waals surface area contributed by atoms with E-state index in [2.05, 4.69) is 6.92 Å². The van der Waals surface area contributed by atoms with E-state index in [1.807, 2.05) is 4.90 Å². The molecule has 0 bridgehead atoms. The number of hydrogen-bond donors (Lipinski definition) is 1. The van der Waals surface area contributed by atoms with Crippen molar-refractivity contribution in [3.63, 3.8) is 0 Å². The molecule has 1 fully saturated rings. The van der Waals surface area contributed by atoms with Crippen LogP contribution in [0.2, 0.25) is 5.02 Å². The van der Waals surface area contributed by atoms with Gasteiger partial charge in [-0.15, -0.1) is 0 Å². The van der Waals surface area contributed by atoms with Crippen molar-refractivity contribution < 1.29 is 4.79 Å². The summed E-state index contributed by atoms with van der Waals surface area (Å²) in [5.74, 6) is 0.0208. The van der Waals surface area contributed by atoms with Crippen molar-refractivity contribution in [1.82, 2.24) is 4.90 Å². The first-order valence-corrected chi connectivity index (χ1v) is 7.06. The summed E-state index contributed by atoms with van der Waals surface area (Å²) in [7, 11) is 0. The fourth-order valence-corrected chi connectivity index (χ4v) is 2.65. The molecular formula is C14H17ClN2OS. The largest absolute Gasteiger partial charge is 0.393 e. The maximum atomic E-state index is 12.3. The molecular weight excluding hydrogens is 280 g/mol. The Bertz CT molecular complexity index is 510. The van der Waals surface area contributed by atoms with E-state index in [0.29, 0.717) is 28.7 Å². The highest BCUT2D eigenvalue weighted by Gasteiger charge is 2.34. The zero-order chi connectivity index (χ0) is 14.0. The number of benzene rings is 1. The Morgan fingerprint density at radius 2 is 2.05 bits per heavy atom. The van der Waals surface area contributed by atoms with Crippen molar-refractivity contribution in [1.29, 1.82) is 0 Å². The van der Waals surface area contributed by atoms with Crippen molar-refractivity contribution >= 4 is 34.7 Å². The Kier molecular flexibility index (Phi) is 4.11. The van der Waals surface area contributed by atoms with E-state index in [0.717, 1.165) is 12.8 Å². The second kappa shape index (κ2) is 5.47. The molecule has 0 atom stereocenters. The summed E-state index contributed by atoms with van der Waals surface area (Å²) in [6.45, 7) is 3.43. The number of halogens is 1. The molecule has 1 aromatic rings. The molecule has 1 heterocycles. The number of rotatable bonds is 2. The van der Waals surface area contributed by atoms with Crippen LogP contribution in [0.4, 0.5) is 0 Å². The van der Waals surface area contributed by atoms with Gasteiger partial charge in [-0.25, -0.2) is 0 Å². The fraction of sp³-hybridized carbons (Fsp3) is 0.429. The van der Waals surface area contributed by atoms with Crippen LogP contribution in [0.25, 0.3) is 0 Å². The van der Waals surface area contributed by atoms with E-state index >= 15 is 0 Å². The Morgan fingerprint density at radius 3 is 2.58 bits per heavy atom. The van der Waals surface area contributed by atoms with Crippen LogP contribution in [0, 0.1) is 5.41 Å². The quantitative estimate of drug-likeness (QED) is 0.854. The fourth-order valence-electron chi connectivity index (χ4n) is 2.25. The van der Waals surface area contributed by atoms with Crippen molar-refractivity contribution in [2.45, 2.75) is 19.8 Å². The Labute approximate surface area is 123 Å². The minimum absolute atomic E-state index is 0.0208. The van der Waals surface area contributed by atoms with Gasteiger partial charge in [0.2, 0.25) is 0 Å². The first kappa shape index (κ1) is 14.3. The number of likely N-dealkylation sites (tertiary alicyclic amines) is 1. The number of amides is 1. The maximum Gasteiger partial charge on any atom is 0.253 e. The predicted octanol–water partition coefficient (Wildman–Crippen LogP) is 2.87. The number of hydrogen-bond acceptors (Lipinski definition) is 2. The summed E-state index contributed by atoms with van der Waals surface area (Å²) in [5, 5.41) is 0.579. The van der Waals surface area contributed by atoms with E-state index in [-0.39, 0.29) is 11.3 Å². The summed E-state index contributed by atoms with van der Waals surface area (Å²) in [6, 6.07) is 7.04. The van der Waals surface area contributed by atoms with Gasteiger partial charge >= 0.3 is 0 Å². The van der Waals surface area contributed by atoms with Crippen LogP contribution in [0.1, 0.15) is 30.1 Å². The maximum absolute atomic E-state index is 12.3. The summed E-state index contributed by atoms with van der Waals surface area (Å²) in [5.41, 5.74) is 6.27. The van der Waals surface area contributed by atoms with Crippen molar-refractivity contribution in [3.05, 3.63) is 34.9 Å². The lowest BCUT2D eigenvalue weighted by atomic mass is 9.80. The minimum Gasteiger partial charge on any atom is -0.393 e. The van der Waals surface area contributed by atoms with Crippen LogP contribution in [0.3, 0.4) is 0 Å². The van der Waals surface area contributed by atoms with Gasteiger partial charge in [0.25, 0.3) is 5.91 Å². The molecule has 0 aromatic heterocycles. The molecule has 1 aliphatic rings. The van der Waals surface area contributed by atoms with E-state index in [1.54, 1.807) is 24.3 Å². The lowest BCUT2D eigenvalue weighted by molar-refractivity contribution is 0.0670. The third-order valence-electron chi connectivity index (χ3n) is 3.82. The average molecular weight is 297 g/mol. The SMILES string of the molecule is CC1(C(N)=S)CCN(C(=O)c2cccc(Cl)c2)CC1. The molecule has 1 amide bonds. The lowest BCUT2D eigenvalue weighted by Gasteiger charge is -2.38. The molecule has 2 rings (SSSR count). The molecule has 0 saturated carbocycles. The Hall–Kier alpha value is -1.13. The van der Waals surface area contributed by atoms with Gasteiger partial charge < -0.3 is 10.6 Å². The standard InChI is InChI=1S/C14H17ClN2OS/c1-14(13(16)19)5-7-17(8-6-14)12(18)10-3-2-4-11(15)9-10/h2-4,9H,5-8H2,1H3,(H2,16,19). The van der Waals surface area contributed by atoms with Gasteiger partial charge in [-0.3, -0.25) is 4.79 Å². The highest BCUT2D eigenvalue weighted by Crippen LogP contribution is 2.31. The summed E-state index contributed by atoms with van der Waals surface area (Å²) in [6.07, 6.45) is 1.63. The van der Waals surface area contributed by atoms with Gasteiger partial charge in [-0.2, -0.15) is 0 Å². The summed E-state index contributed by atoms with van der Waals surface area (Å²) in [4.78, 5) is 14.7. The van der Waals surface area contributed by atoms with E-state index in [9.17, 15) is 4.79 Å². The zero-order valence-electron chi connectivity index (χ0n) is 10.9. The van der Waals surface area contributed by atoms with E-state index in [1.165, 1.54) is 0 Å². The molecule has 102 valence electrons. The molecule has 1 aliphatic heterocycles. The smallest absolute Gasteiger partial charge is 0.253 e. The van der Waals surface area contributed by atoms with Crippen molar-refractivity contribution in [2.24, 2.45) is 11.1 Å². The molecule has 5 heteroatoms. The van der Waals surface area contributed by atoms with Crippen LogP contribution >= 0.6 is 23.8 Å². The first-order chi connectivity index (χ1) is 8.92. The van der Waals surface area contributed by atoms with Crippen molar-refractivity contribution in [2.75, 3.05) is 13.1 Å². The summed E-state index contributed by atoms with van der Waals surface area (Å²) >= 11 is 11.0. The van der Waals surface area contributed by atoms with Crippen LogP contribution < -0.4 is 5.73 Å². The number of piperidine rings is 1. The van der Waals surface area contributed by atoms with E-state index < -0.39 is 0 Å². The average Bonchev–Trinajstić information content (AvgIpc) is 2.38. The number of nitrogens with two attached hydrogens (primary N) is 1. The molecule has 0 unspecified atom stereocenters. The number of carbonyl (C=O) groups is 1. The topological polar surface area (TPSA) is 46.3 Å². The number of thiocarbonyl (C=S) groups is 1. The molecule has 0 aliphatic carbocycles. The molecule has 0 spiro atoms. The zero-order valence-corrected chi connectivity index (χ0v) is 12.4. The van der Waals surface area contributed by atoms with Crippen LogP contribution in [-0.2, 0) is 0 Å². The monoisotopic (exact) mass is 296 g/mol. The highest BCUT2D eigenvalue weighted by molar-refractivity contribution is 7.80. The van der Waals surface area contributed by atoms with Crippen LogP contribution in [-0.4, -0.2) is 28.9 Å². The van der Waals surface area contributed by atoms with Gasteiger partial charge in [0.05, 0.1) is 4.99 Å². The minimum atomic E-state index is -0.125. The lowest BCUT2D eigenvalue weighted by Crippen LogP contribution is -2.46. The van der Waals surface area contributed by atoms with Crippen LogP contribution in [0.5, 0.6) is 0 Å². The third kappa shape index (κ3) is 3.07. The Balaban J connectivity index is 2.06. The van der Waals surface area contributed by atoms with Crippen LogP contribution in [0.15, 0.2) is 24.3 Å². The van der Waals surface area contributed by atoms with E-state index in [4.69, 9.17) is 29.6 Å². The third-order valence-corrected chi connectivity index (χ3v) is 4.55. The predicted molar refractivity (Wildman–Crippen MR) is 81.5 cm³/mol. The second-order valence-electron chi connectivity index (χ2n) is 5.23. The normalized spacial score (nSPS) is 18.1. The molecule has 3 nitrogen and oxygen atoms in total. The highest BCUT2D eigenvalue weighted by atomic mass is 35.5. The Morgan fingerprint density at radius 1 is 1.42 bits per heavy atom. The molecule has 19 heavy (non-hydrogen) atoms. The molecule has 0 radical (unpaired) electrons. The van der Waals surface area contributed by atoms with Gasteiger partial charge in [0.15, 0.2) is 0 Å². The van der Waals surface area contributed by atoms with Gasteiger partial charge in [0, 0.05) is 29.1 Å². The number of carbonyl (C=O) groups excluding carboxylic acids is 1. The van der Waals surface area contributed by atoms with Gasteiger partial charge in [-0.1, -0.05) is 36.8 Å². The molecule has 1 aromatic carbocycles. The molecule has 1 saturated heterocycles. The van der Waals surface area contributed by atoms with Crippen molar-refractivity contribution in [3.8, 4) is 0 Å². The van der Waals surface area contributed by atoms with Gasteiger partial charge in [0.1, 0.15) is 0 Å². The number of nitrogens with zero attached hydrogens (tertiary/aromatic N) is 1. The van der Waals surface area contributed by atoms with Gasteiger partial charge in [-0.05, 0) is 31.0 Å².